The molecule has 1 aromatic rings. The first-order valence-electron chi connectivity index (χ1n) is 11.3. The van der Waals surface area contributed by atoms with Crippen LogP contribution in [0.2, 0.25) is 10.0 Å². The fourth-order valence-corrected chi connectivity index (χ4v) is 5.00. The Morgan fingerprint density at radius 1 is 1.09 bits per heavy atom. The predicted octanol–water partition coefficient (Wildman–Crippen LogP) is 2.79. The van der Waals surface area contributed by atoms with E-state index in [1.54, 1.807) is 0 Å². The number of aliphatic carboxylic acids is 1. The molecule has 186 valence electrons. The zero-order valence-corrected chi connectivity index (χ0v) is 20.5. The summed E-state index contributed by atoms with van der Waals surface area (Å²) >= 11 is 12.0. The number of amides is 3. The van der Waals surface area contributed by atoms with Crippen LogP contribution in [-0.4, -0.2) is 77.6 Å². The van der Waals surface area contributed by atoms with Gasteiger partial charge in [-0.15, -0.1) is 0 Å². The van der Waals surface area contributed by atoms with E-state index in [0.717, 1.165) is 32.1 Å². The van der Waals surface area contributed by atoms with Crippen LogP contribution in [0.25, 0.3) is 0 Å². The maximum Gasteiger partial charge on any atom is 0.305 e. The van der Waals surface area contributed by atoms with Crippen molar-refractivity contribution in [2.45, 2.75) is 50.7 Å². The van der Waals surface area contributed by atoms with Crippen molar-refractivity contribution in [3.05, 3.63) is 33.8 Å². The van der Waals surface area contributed by atoms with Crippen LogP contribution in [0.15, 0.2) is 18.2 Å². The first-order chi connectivity index (χ1) is 16.2. The number of hydrogen-bond donors (Lipinski definition) is 2. The monoisotopic (exact) mass is 513 g/mol. The zero-order valence-electron chi connectivity index (χ0n) is 19.0. The normalized spacial score (nSPS) is 19.7. The third-order valence-electron chi connectivity index (χ3n) is 6.36. The van der Waals surface area contributed by atoms with Crippen molar-refractivity contribution in [1.29, 1.82) is 0 Å². The Labute approximate surface area is 208 Å². The van der Waals surface area contributed by atoms with E-state index >= 15 is 0 Å². The number of carboxylic acids is 1. The van der Waals surface area contributed by atoms with E-state index in [4.69, 9.17) is 27.9 Å². The Kier molecular flexibility index (Phi) is 9.16. The molecule has 11 heteroatoms. The fourth-order valence-electron chi connectivity index (χ4n) is 4.70. The van der Waals surface area contributed by atoms with E-state index in [2.05, 4.69) is 5.32 Å². The molecule has 3 rings (SSSR count). The summed E-state index contributed by atoms with van der Waals surface area (Å²) in [5.41, 5.74) is 0.225. The highest BCUT2D eigenvalue weighted by molar-refractivity contribution is 6.42. The molecular formula is C23H29Cl2N3O6. The molecular weight excluding hydrogens is 485 g/mol. The van der Waals surface area contributed by atoms with E-state index < -0.39 is 35.9 Å². The molecule has 1 saturated carbocycles. The lowest BCUT2D eigenvalue weighted by molar-refractivity contribution is -0.145. The summed E-state index contributed by atoms with van der Waals surface area (Å²) < 4.78 is 4.95. The van der Waals surface area contributed by atoms with Gasteiger partial charge in [0.2, 0.25) is 0 Å². The molecule has 1 aliphatic heterocycles. The Balaban J connectivity index is 1.87. The van der Waals surface area contributed by atoms with Crippen LogP contribution < -0.4 is 5.32 Å². The molecule has 2 N–H and O–H groups in total. The van der Waals surface area contributed by atoms with Gasteiger partial charge in [-0.25, -0.2) is 0 Å². The Bertz CT molecular complexity index is 937. The summed E-state index contributed by atoms with van der Waals surface area (Å²) in [5.74, 6) is -2.51. The highest BCUT2D eigenvalue weighted by Gasteiger charge is 2.44. The van der Waals surface area contributed by atoms with Crippen molar-refractivity contribution in [2.75, 3.05) is 26.8 Å². The number of carbonyl (C=O) groups excluding carboxylic acids is 3. The number of benzene rings is 1. The summed E-state index contributed by atoms with van der Waals surface area (Å²) in [6.07, 6.45) is 3.21. The molecule has 2 atom stereocenters. The minimum Gasteiger partial charge on any atom is -0.481 e. The van der Waals surface area contributed by atoms with Gasteiger partial charge in [-0.2, -0.15) is 0 Å². The second-order valence-corrected chi connectivity index (χ2v) is 9.45. The van der Waals surface area contributed by atoms with Gasteiger partial charge in [-0.1, -0.05) is 42.5 Å². The van der Waals surface area contributed by atoms with Crippen LogP contribution in [0.5, 0.6) is 0 Å². The van der Waals surface area contributed by atoms with Gasteiger partial charge < -0.3 is 25.0 Å². The Hall–Kier alpha value is -2.36. The summed E-state index contributed by atoms with van der Waals surface area (Å²) in [4.78, 5) is 53.6. The maximum atomic E-state index is 13.5. The predicted molar refractivity (Wildman–Crippen MR) is 126 cm³/mol. The summed E-state index contributed by atoms with van der Waals surface area (Å²) in [7, 11) is 1.37. The van der Waals surface area contributed by atoms with Crippen molar-refractivity contribution >= 4 is 46.9 Å². The Morgan fingerprint density at radius 3 is 2.38 bits per heavy atom. The molecule has 9 nitrogen and oxygen atoms in total. The van der Waals surface area contributed by atoms with Crippen molar-refractivity contribution in [1.82, 2.24) is 15.1 Å². The quantitative estimate of drug-likeness (QED) is 0.551. The van der Waals surface area contributed by atoms with Gasteiger partial charge in [-0.3, -0.25) is 19.2 Å². The molecule has 2 unspecified atom stereocenters. The minimum absolute atomic E-state index is 0.0255. The number of methoxy groups -OCH3 is 1. The molecule has 0 aromatic heterocycles. The molecule has 0 radical (unpaired) electrons. The summed E-state index contributed by atoms with van der Waals surface area (Å²) in [6.45, 7) is 0.0137. The van der Waals surface area contributed by atoms with Gasteiger partial charge in [0.05, 0.1) is 16.5 Å². The molecule has 1 aromatic carbocycles. The van der Waals surface area contributed by atoms with Crippen LogP contribution in [0.4, 0.5) is 0 Å². The van der Waals surface area contributed by atoms with E-state index in [0.29, 0.717) is 0 Å². The van der Waals surface area contributed by atoms with Crippen molar-refractivity contribution < 1.29 is 29.0 Å². The van der Waals surface area contributed by atoms with Crippen molar-refractivity contribution in [2.24, 2.45) is 5.92 Å². The molecule has 0 bridgehead atoms. The smallest absolute Gasteiger partial charge is 0.305 e. The number of rotatable bonds is 8. The molecule has 34 heavy (non-hydrogen) atoms. The summed E-state index contributed by atoms with van der Waals surface area (Å²) in [5, 5.41) is 12.7. The summed E-state index contributed by atoms with van der Waals surface area (Å²) in [6, 6.07) is 3.81. The van der Waals surface area contributed by atoms with Gasteiger partial charge >= 0.3 is 5.97 Å². The van der Waals surface area contributed by atoms with E-state index in [1.165, 1.54) is 35.1 Å². The molecule has 2 aliphatic rings. The lowest BCUT2D eigenvalue weighted by Gasteiger charge is -2.34. The standard InChI is InChI=1S/C23H29Cl2N3O6/c1-34-13-19(29)27-9-10-28(23(33)15-7-8-16(24)17(25)11-15)22(27)21(32)26-18(12-20(30)31)14-5-3-2-4-6-14/h7-8,11,14,18,22H,2-6,9-10,12-13H2,1H3,(H,26,32)(H,30,31). The van der Waals surface area contributed by atoms with E-state index in [-0.39, 0.29) is 47.6 Å². The van der Waals surface area contributed by atoms with E-state index in [9.17, 15) is 24.3 Å². The van der Waals surface area contributed by atoms with Crippen LogP contribution >= 0.6 is 23.2 Å². The van der Waals surface area contributed by atoms with Crippen LogP contribution in [0, 0.1) is 5.92 Å². The second-order valence-electron chi connectivity index (χ2n) is 8.63. The van der Waals surface area contributed by atoms with Crippen molar-refractivity contribution in [3.63, 3.8) is 0 Å². The van der Waals surface area contributed by atoms with Gasteiger partial charge in [-0.05, 0) is 37.0 Å². The van der Waals surface area contributed by atoms with Crippen LogP contribution in [0.1, 0.15) is 48.9 Å². The molecule has 1 aliphatic carbocycles. The lowest BCUT2D eigenvalue weighted by Crippen LogP contribution is -2.57. The fraction of sp³-hybridized carbons (Fsp3) is 0.565. The average molecular weight is 514 g/mol. The largest absolute Gasteiger partial charge is 0.481 e. The number of carboxylic acid groups (broad SMARTS) is 1. The molecule has 1 heterocycles. The van der Waals surface area contributed by atoms with Gasteiger partial charge in [0.25, 0.3) is 17.7 Å². The topological polar surface area (TPSA) is 116 Å². The van der Waals surface area contributed by atoms with Crippen LogP contribution in [0.3, 0.4) is 0 Å². The molecule has 0 spiro atoms. The Morgan fingerprint density at radius 2 is 1.76 bits per heavy atom. The number of ether oxygens (including phenoxy) is 1. The number of carbonyl (C=O) groups is 4. The third-order valence-corrected chi connectivity index (χ3v) is 7.10. The maximum absolute atomic E-state index is 13.5. The zero-order chi connectivity index (χ0) is 24.8. The molecule has 2 fully saturated rings. The average Bonchev–Trinajstić information content (AvgIpc) is 3.26. The van der Waals surface area contributed by atoms with E-state index in [1.807, 2.05) is 0 Å². The lowest BCUT2D eigenvalue weighted by atomic mass is 9.82. The number of nitrogens with zero attached hydrogens (tertiary/aromatic N) is 2. The van der Waals surface area contributed by atoms with Crippen LogP contribution in [-0.2, 0) is 19.1 Å². The second kappa shape index (κ2) is 11.9. The highest BCUT2D eigenvalue weighted by atomic mass is 35.5. The highest BCUT2D eigenvalue weighted by Crippen LogP contribution is 2.29. The number of nitrogens with one attached hydrogen (secondary N) is 1. The van der Waals surface area contributed by atoms with Gasteiger partial charge in [0, 0.05) is 31.8 Å². The minimum atomic E-state index is -1.23. The first-order valence-corrected chi connectivity index (χ1v) is 12.0. The molecule has 3 amide bonds. The third kappa shape index (κ3) is 6.20. The number of halogens is 2. The number of hydrogen-bond acceptors (Lipinski definition) is 5. The van der Waals surface area contributed by atoms with Gasteiger partial charge in [0.15, 0.2) is 6.17 Å². The SMILES string of the molecule is COCC(=O)N1CCN(C(=O)c2ccc(Cl)c(Cl)c2)C1C(=O)NC(CC(=O)O)C1CCCCC1. The first kappa shape index (κ1) is 26.2. The molecule has 1 saturated heterocycles. The van der Waals surface area contributed by atoms with Gasteiger partial charge in [0.1, 0.15) is 6.61 Å². The van der Waals surface area contributed by atoms with Crippen molar-refractivity contribution in [3.8, 4) is 0 Å².